The molecule has 1 aromatic carbocycles. The number of para-hydroxylation sites is 2. The van der Waals surface area contributed by atoms with Crippen LogP contribution in [0.4, 0.5) is 0 Å². The van der Waals surface area contributed by atoms with Gasteiger partial charge in [0.25, 0.3) is 0 Å². The maximum Gasteiger partial charge on any atom is 0.303 e. The molecule has 21 heavy (non-hydrogen) atoms. The van der Waals surface area contributed by atoms with Crippen molar-refractivity contribution in [3.8, 4) is 0 Å². The summed E-state index contributed by atoms with van der Waals surface area (Å²) < 4.78 is 5.55. The van der Waals surface area contributed by atoms with E-state index in [0.29, 0.717) is 30.0 Å². The molecule has 0 radical (unpaired) electrons. The molecule has 0 aliphatic rings. The molecular formula is C15H16N2O4. The van der Waals surface area contributed by atoms with Gasteiger partial charge in [0.15, 0.2) is 5.58 Å². The van der Waals surface area contributed by atoms with Gasteiger partial charge in [-0.25, -0.2) is 9.98 Å². The van der Waals surface area contributed by atoms with Crippen LogP contribution in [0.1, 0.15) is 32.1 Å². The summed E-state index contributed by atoms with van der Waals surface area (Å²) in [6.07, 6.45) is 0.774. The minimum absolute atomic E-state index is 0.0224. The molecule has 2 aromatic rings. The number of carbonyl (C=O) groups excluding carboxylic acids is 1. The van der Waals surface area contributed by atoms with Crippen molar-refractivity contribution in [3.63, 3.8) is 0 Å². The van der Waals surface area contributed by atoms with E-state index in [4.69, 9.17) is 9.52 Å². The highest BCUT2D eigenvalue weighted by Gasteiger charge is 2.08. The van der Waals surface area contributed by atoms with Crippen molar-refractivity contribution in [2.24, 2.45) is 4.99 Å². The third-order valence-electron chi connectivity index (χ3n) is 2.84. The first-order chi connectivity index (χ1) is 10.0. The number of hydrogen-bond acceptors (Lipinski definition) is 4. The molecule has 2 rings (SSSR count). The lowest BCUT2D eigenvalue weighted by Crippen LogP contribution is -2.04. The summed E-state index contributed by atoms with van der Waals surface area (Å²) in [6.45, 7) is 1.73. The van der Waals surface area contributed by atoms with Crippen LogP contribution >= 0.6 is 0 Å². The van der Waals surface area contributed by atoms with E-state index < -0.39 is 5.97 Å². The van der Waals surface area contributed by atoms with E-state index >= 15 is 0 Å². The minimum Gasteiger partial charge on any atom is -0.481 e. The first kappa shape index (κ1) is 14.9. The van der Waals surface area contributed by atoms with Crippen LogP contribution in [0.3, 0.4) is 0 Å². The number of carboxylic acid groups (broad SMARTS) is 1. The van der Waals surface area contributed by atoms with Crippen molar-refractivity contribution in [3.05, 3.63) is 30.2 Å². The Morgan fingerprint density at radius 1 is 1.29 bits per heavy atom. The Morgan fingerprint density at radius 2 is 2.05 bits per heavy atom. The predicted octanol–water partition coefficient (Wildman–Crippen LogP) is 2.61. The minimum atomic E-state index is -0.907. The number of benzene rings is 1. The smallest absolute Gasteiger partial charge is 0.303 e. The lowest BCUT2D eigenvalue weighted by molar-refractivity contribution is -0.137. The zero-order valence-corrected chi connectivity index (χ0v) is 11.7. The summed E-state index contributed by atoms with van der Waals surface area (Å²) >= 11 is 0. The average Bonchev–Trinajstić information content (AvgIpc) is 2.79. The number of hydrogen-bond donors (Lipinski definition) is 1. The number of carbonyl (C=O) groups is 2. The molecule has 1 heterocycles. The Morgan fingerprint density at radius 3 is 2.76 bits per heavy atom. The Labute approximate surface area is 121 Å². The van der Waals surface area contributed by atoms with E-state index in [1.165, 1.54) is 0 Å². The van der Waals surface area contributed by atoms with Crippen molar-refractivity contribution in [2.75, 3.05) is 0 Å². The molecule has 0 atom stereocenters. The van der Waals surface area contributed by atoms with Crippen molar-refractivity contribution in [1.29, 1.82) is 0 Å². The monoisotopic (exact) mass is 288 g/mol. The summed E-state index contributed by atoms with van der Waals surface area (Å²) in [6, 6.07) is 7.42. The van der Waals surface area contributed by atoms with E-state index in [1.807, 2.05) is 24.3 Å². The first-order valence-corrected chi connectivity index (χ1v) is 6.68. The second-order valence-corrected chi connectivity index (χ2v) is 4.74. The number of nitrogens with zero attached hydrogens (tertiary/aromatic N) is 2. The molecule has 1 amide bonds. The van der Waals surface area contributed by atoms with E-state index in [9.17, 15) is 9.59 Å². The number of oxazole rings is 1. The van der Waals surface area contributed by atoms with Gasteiger partial charge in [-0.05, 0) is 25.5 Å². The van der Waals surface area contributed by atoms with Crippen molar-refractivity contribution < 1.29 is 19.1 Å². The van der Waals surface area contributed by atoms with Crippen LogP contribution in [-0.2, 0) is 16.0 Å². The van der Waals surface area contributed by atoms with E-state index in [1.54, 1.807) is 6.92 Å². The van der Waals surface area contributed by atoms with Gasteiger partial charge in [0.1, 0.15) is 5.52 Å². The molecular weight excluding hydrogens is 272 g/mol. The summed E-state index contributed by atoms with van der Waals surface area (Å²) in [7, 11) is 0. The maximum atomic E-state index is 11.6. The lowest BCUT2D eigenvalue weighted by atomic mass is 10.2. The first-order valence-electron chi connectivity index (χ1n) is 6.68. The Bertz CT molecular complexity index is 655. The van der Waals surface area contributed by atoms with Gasteiger partial charge in [0.05, 0.1) is 6.42 Å². The second-order valence-electron chi connectivity index (χ2n) is 4.74. The summed E-state index contributed by atoms with van der Waals surface area (Å²) in [5, 5.41) is 8.50. The van der Waals surface area contributed by atoms with Gasteiger partial charge in [-0.3, -0.25) is 9.59 Å². The van der Waals surface area contributed by atoms with Gasteiger partial charge in [0, 0.05) is 18.6 Å². The number of rotatable bonds is 6. The molecule has 0 unspecified atom stereocenters. The molecule has 0 fully saturated rings. The van der Waals surface area contributed by atoms with E-state index in [2.05, 4.69) is 9.98 Å². The summed E-state index contributed by atoms with van der Waals surface area (Å²) in [4.78, 5) is 30.2. The molecule has 1 N–H and O–H groups in total. The summed E-state index contributed by atoms with van der Waals surface area (Å²) in [5.74, 6) is -0.712. The Balaban J connectivity index is 1.93. The van der Waals surface area contributed by atoms with Crippen LogP contribution < -0.4 is 0 Å². The van der Waals surface area contributed by atoms with Crippen LogP contribution in [-0.4, -0.2) is 27.7 Å². The highest BCUT2D eigenvalue weighted by Crippen LogP contribution is 2.15. The van der Waals surface area contributed by atoms with Gasteiger partial charge in [-0.1, -0.05) is 12.1 Å². The van der Waals surface area contributed by atoms with Crippen molar-refractivity contribution in [2.45, 2.75) is 32.6 Å². The fourth-order valence-electron chi connectivity index (χ4n) is 1.91. The van der Waals surface area contributed by atoms with Crippen LogP contribution in [0.5, 0.6) is 0 Å². The fraction of sp³-hybridized carbons (Fsp3) is 0.333. The second kappa shape index (κ2) is 6.78. The Kier molecular flexibility index (Phi) is 4.81. The van der Waals surface area contributed by atoms with Crippen LogP contribution in [0.15, 0.2) is 33.7 Å². The van der Waals surface area contributed by atoms with Crippen molar-refractivity contribution in [1.82, 2.24) is 4.98 Å². The van der Waals surface area contributed by atoms with Gasteiger partial charge in [0.2, 0.25) is 11.8 Å². The number of amides is 1. The van der Waals surface area contributed by atoms with Crippen LogP contribution in [0, 0.1) is 0 Å². The number of aliphatic carboxylic acids is 1. The zero-order valence-electron chi connectivity index (χ0n) is 11.7. The molecule has 1 aromatic heterocycles. The molecule has 0 aliphatic carbocycles. The molecule has 0 aliphatic heterocycles. The SMILES string of the molecule is C/C(Cc1nc2ccccc2o1)=N\C(=O)CCCC(=O)O. The molecule has 0 spiro atoms. The van der Waals surface area contributed by atoms with E-state index in [-0.39, 0.29) is 18.7 Å². The molecule has 6 nitrogen and oxygen atoms in total. The molecule has 110 valence electrons. The number of fused-ring (bicyclic) bond motifs is 1. The summed E-state index contributed by atoms with van der Waals surface area (Å²) in [5.41, 5.74) is 2.07. The quantitative estimate of drug-likeness (QED) is 0.825. The predicted molar refractivity (Wildman–Crippen MR) is 77.3 cm³/mol. The number of aliphatic imine (C=N–C) groups is 1. The molecule has 0 saturated carbocycles. The Hall–Kier alpha value is -2.50. The third kappa shape index (κ3) is 4.52. The molecule has 6 heteroatoms. The molecule has 0 saturated heterocycles. The largest absolute Gasteiger partial charge is 0.481 e. The van der Waals surface area contributed by atoms with Gasteiger partial charge >= 0.3 is 5.97 Å². The highest BCUT2D eigenvalue weighted by atomic mass is 16.4. The number of carboxylic acids is 1. The van der Waals surface area contributed by atoms with Crippen LogP contribution in [0.25, 0.3) is 11.1 Å². The van der Waals surface area contributed by atoms with Crippen LogP contribution in [0.2, 0.25) is 0 Å². The number of aromatic nitrogens is 1. The third-order valence-corrected chi connectivity index (χ3v) is 2.84. The highest BCUT2D eigenvalue weighted by molar-refractivity contribution is 5.95. The average molecular weight is 288 g/mol. The molecule has 0 bridgehead atoms. The maximum absolute atomic E-state index is 11.6. The van der Waals surface area contributed by atoms with E-state index in [0.717, 1.165) is 5.52 Å². The van der Waals surface area contributed by atoms with Crippen molar-refractivity contribution >= 4 is 28.7 Å². The topological polar surface area (TPSA) is 92.8 Å². The standard InChI is InChI=1S/C15H16N2O4/c1-10(16-13(18)7-4-8-15(19)20)9-14-17-11-5-2-3-6-12(11)21-14/h2-3,5-6H,4,7-9H2,1H3,(H,19,20)/b16-10+. The van der Waals surface area contributed by atoms with Gasteiger partial charge in [-0.2, -0.15) is 0 Å². The van der Waals surface area contributed by atoms with Gasteiger partial charge < -0.3 is 9.52 Å². The van der Waals surface area contributed by atoms with Gasteiger partial charge in [-0.15, -0.1) is 0 Å². The fourth-order valence-corrected chi connectivity index (χ4v) is 1.91. The zero-order chi connectivity index (χ0) is 15.2. The normalized spacial score (nSPS) is 11.8. The lowest BCUT2D eigenvalue weighted by Gasteiger charge is -1.97.